The molecule has 0 unspecified atom stereocenters. The lowest BCUT2D eigenvalue weighted by molar-refractivity contribution is -0.123. The van der Waals surface area contributed by atoms with Crippen molar-refractivity contribution < 1.29 is 14.3 Å². The summed E-state index contributed by atoms with van der Waals surface area (Å²) < 4.78 is 5.23. The Kier molecular flexibility index (Phi) is 8.16. The van der Waals surface area contributed by atoms with Gasteiger partial charge in [-0.05, 0) is 19.3 Å². The number of nitrogens with one attached hydrogen (secondary N) is 3. The van der Waals surface area contributed by atoms with E-state index >= 15 is 0 Å². The van der Waals surface area contributed by atoms with E-state index in [4.69, 9.17) is 4.74 Å². The average Bonchev–Trinajstić information content (AvgIpc) is 2.42. The van der Waals surface area contributed by atoms with Crippen LogP contribution in [0.1, 0.15) is 32.6 Å². The molecule has 6 nitrogen and oxygen atoms in total. The van der Waals surface area contributed by atoms with Gasteiger partial charge >= 0.3 is 0 Å². The number of amides is 2. The van der Waals surface area contributed by atoms with Crippen LogP contribution in [-0.4, -0.2) is 50.7 Å². The summed E-state index contributed by atoms with van der Waals surface area (Å²) in [5, 5.41) is 8.73. The molecule has 0 aromatic rings. The predicted molar refractivity (Wildman–Crippen MR) is 72.8 cm³/mol. The molecule has 1 rings (SSSR count). The van der Waals surface area contributed by atoms with Crippen LogP contribution in [0.4, 0.5) is 0 Å². The average molecular weight is 271 g/mol. The van der Waals surface area contributed by atoms with Crippen molar-refractivity contribution in [2.75, 3.05) is 32.8 Å². The first kappa shape index (κ1) is 15.9. The number of rotatable bonds is 8. The largest absolute Gasteiger partial charge is 0.381 e. The molecule has 0 aliphatic carbocycles. The van der Waals surface area contributed by atoms with Crippen LogP contribution in [0.25, 0.3) is 0 Å². The smallest absolute Gasteiger partial charge is 0.234 e. The highest BCUT2D eigenvalue weighted by Crippen LogP contribution is 2.05. The molecule has 6 heteroatoms. The van der Waals surface area contributed by atoms with Gasteiger partial charge in [-0.1, -0.05) is 6.92 Å². The van der Waals surface area contributed by atoms with E-state index < -0.39 is 0 Å². The summed E-state index contributed by atoms with van der Waals surface area (Å²) in [6, 6.07) is 0.232. The summed E-state index contributed by atoms with van der Waals surface area (Å²) in [6.45, 7) is 4.95. The van der Waals surface area contributed by atoms with Gasteiger partial charge < -0.3 is 20.7 Å². The molecule has 0 radical (unpaired) electrons. The van der Waals surface area contributed by atoms with Gasteiger partial charge in [0.05, 0.1) is 6.54 Å². The third-order valence-electron chi connectivity index (χ3n) is 2.97. The molecule has 1 heterocycles. The van der Waals surface area contributed by atoms with E-state index in [9.17, 15) is 9.59 Å². The molecule has 0 spiro atoms. The molecular weight excluding hydrogens is 246 g/mol. The minimum atomic E-state index is -0.0131. The summed E-state index contributed by atoms with van der Waals surface area (Å²) in [5.41, 5.74) is 0. The zero-order chi connectivity index (χ0) is 13.9. The van der Waals surface area contributed by atoms with Crippen LogP contribution in [0.5, 0.6) is 0 Å². The SMILES string of the molecule is CCCNC(=O)CCNCC(=O)NC1CCOCC1. The molecule has 1 fully saturated rings. The second-order valence-electron chi connectivity index (χ2n) is 4.73. The lowest BCUT2D eigenvalue weighted by atomic mass is 10.1. The van der Waals surface area contributed by atoms with Crippen molar-refractivity contribution >= 4 is 11.8 Å². The first-order valence-electron chi connectivity index (χ1n) is 7.07. The van der Waals surface area contributed by atoms with Gasteiger partial charge in [-0.15, -0.1) is 0 Å². The minimum Gasteiger partial charge on any atom is -0.381 e. The number of carbonyl (C=O) groups is 2. The van der Waals surface area contributed by atoms with E-state index in [1.807, 2.05) is 6.92 Å². The Hall–Kier alpha value is -1.14. The summed E-state index contributed by atoms with van der Waals surface area (Å²) in [4.78, 5) is 22.9. The van der Waals surface area contributed by atoms with Gasteiger partial charge in [-0.2, -0.15) is 0 Å². The topological polar surface area (TPSA) is 79.5 Å². The van der Waals surface area contributed by atoms with E-state index in [0.29, 0.717) is 19.5 Å². The standard InChI is InChI=1S/C13H25N3O3/c1-2-6-15-12(17)3-7-14-10-13(18)16-11-4-8-19-9-5-11/h11,14H,2-10H2,1H3,(H,15,17)(H,16,18). The highest BCUT2D eigenvalue weighted by atomic mass is 16.5. The highest BCUT2D eigenvalue weighted by molar-refractivity contribution is 5.78. The molecule has 0 saturated carbocycles. The molecule has 0 aromatic carbocycles. The molecule has 1 aliphatic heterocycles. The fraction of sp³-hybridized carbons (Fsp3) is 0.846. The quantitative estimate of drug-likeness (QED) is 0.534. The van der Waals surface area contributed by atoms with E-state index in [2.05, 4.69) is 16.0 Å². The van der Waals surface area contributed by atoms with E-state index in [1.54, 1.807) is 0 Å². The third kappa shape index (κ3) is 7.79. The van der Waals surface area contributed by atoms with Crippen molar-refractivity contribution in [2.45, 2.75) is 38.6 Å². The maximum absolute atomic E-state index is 11.6. The normalized spacial score (nSPS) is 16.1. The van der Waals surface area contributed by atoms with E-state index in [0.717, 1.165) is 32.5 Å². The minimum absolute atomic E-state index is 0.0131. The predicted octanol–water partition coefficient (Wildman–Crippen LogP) is -0.212. The van der Waals surface area contributed by atoms with Gasteiger partial charge in [0.25, 0.3) is 0 Å². The maximum Gasteiger partial charge on any atom is 0.234 e. The molecule has 3 N–H and O–H groups in total. The molecular formula is C13H25N3O3. The Labute approximate surface area is 114 Å². The van der Waals surface area contributed by atoms with Crippen LogP contribution < -0.4 is 16.0 Å². The Morgan fingerprint density at radius 1 is 1.16 bits per heavy atom. The van der Waals surface area contributed by atoms with Crippen molar-refractivity contribution in [1.82, 2.24) is 16.0 Å². The summed E-state index contributed by atoms with van der Waals surface area (Å²) in [7, 11) is 0. The summed E-state index contributed by atoms with van der Waals surface area (Å²) in [5.74, 6) is 0.0139. The molecule has 0 bridgehead atoms. The van der Waals surface area contributed by atoms with Crippen LogP contribution in [-0.2, 0) is 14.3 Å². The second kappa shape index (κ2) is 9.75. The van der Waals surface area contributed by atoms with Gasteiger partial charge in [0.2, 0.25) is 11.8 Å². The number of hydrogen-bond donors (Lipinski definition) is 3. The molecule has 1 aliphatic rings. The third-order valence-corrected chi connectivity index (χ3v) is 2.97. The number of hydrogen-bond acceptors (Lipinski definition) is 4. The molecule has 0 atom stereocenters. The first-order valence-corrected chi connectivity index (χ1v) is 7.07. The van der Waals surface area contributed by atoms with Crippen molar-refractivity contribution in [3.8, 4) is 0 Å². The Morgan fingerprint density at radius 3 is 2.58 bits per heavy atom. The van der Waals surface area contributed by atoms with Crippen molar-refractivity contribution in [3.63, 3.8) is 0 Å². The van der Waals surface area contributed by atoms with Gasteiger partial charge in [0.15, 0.2) is 0 Å². The van der Waals surface area contributed by atoms with Crippen molar-refractivity contribution in [1.29, 1.82) is 0 Å². The molecule has 2 amide bonds. The Bertz CT molecular complexity index is 278. The summed E-state index contributed by atoms with van der Waals surface area (Å²) in [6.07, 6.45) is 3.10. The van der Waals surface area contributed by atoms with Gasteiger partial charge in [0.1, 0.15) is 0 Å². The lowest BCUT2D eigenvalue weighted by Gasteiger charge is -2.23. The van der Waals surface area contributed by atoms with Crippen LogP contribution in [0, 0.1) is 0 Å². The number of carbonyl (C=O) groups excluding carboxylic acids is 2. The molecule has 0 aromatic heterocycles. The van der Waals surface area contributed by atoms with Crippen LogP contribution >= 0.6 is 0 Å². The second-order valence-corrected chi connectivity index (χ2v) is 4.73. The zero-order valence-corrected chi connectivity index (χ0v) is 11.7. The van der Waals surface area contributed by atoms with Crippen LogP contribution in [0.3, 0.4) is 0 Å². The highest BCUT2D eigenvalue weighted by Gasteiger charge is 2.15. The Balaban J connectivity index is 1.99. The fourth-order valence-corrected chi connectivity index (χ4v) is 1.88. The maximum atomic E-state index is 11.6. The van der Waals surface area contributed by atoms with Gasteiger partial charge in [-0.25, -0.2) is 0 Å². The monoisotopic (exact) mass is 271 g/mol. The summed E-state index contributed by atoms with van der Waals surface area (Å²) >= 11 is 0. The Morgan fingerprint density at radius 2 is 1.89 bits per heavy atom. The van der Waals surface area contributed by atoms with Crippen LogP contribution in [0.15, 0.2) is 0 Å². The molecule has 110 valence electrons. The zero-order valence-electron chi connectivity index (χ0n) is 11.7. The van der Waals surface area contributed by atoms with Crippen LogP contribution in [0.2, 0.25) is 0 Å². The van der Waals surface area contributed by atoms with Crippen molar-refractivity contribution in [3.05, 3.63) is 0 Å². The van der Waals surface area contributed by atoms with Crippen molar-refractivity contribution in [2.24, 2.45) is 0 Å². The number of ether oxygens (including phenoxy) is 1. The van der Waals surface area contributed by atoms with E-state index in [1.165, 1.54) is 0 Å². The van der Waals surface area contributed by atoms with Gasteiger partial charge in [-0.3, -0.25) is 9.59 Å². The molecule has 1 saturated heterocycles. The lowest BCUT2D eigenvalue weighted by Crippen LogP contribution is -2.43. The molecule has 19 heavy (non-hydrogen) atoms. The fourth-order valence-electron chi connectivity index (χ4n) is 1.88. The van der Waals surface area contributed by atoms with E-state index in [-0.39, 0.29) is 24.4 Å². The first-order chi connectivity index (χ1) is 9.22. The van der Waals surface area contributed by atoms with Gasteiger partial charge in [0, 0.05) is 38.8 Å².